The van der Waals surface area contributed by atoms with E-state index in [0.29, 0.717) is 17.7 Å². The second-order valence-electron chi connectivity index (χ2n) is 4.68. The Labute approximate surface area is 125 Å². The van der Waals surface area contributed by atoms with Gasteiger partial charge in [0.05, 0.1) is 11.2 Å². The third-order valence-corrected chi connectivity index (χ3v) is 4.20. The molecule has 0 saturated carbocycles. The van der Waals surface area contributed by atoms with E-state index in [0.717, 1.165) is 10.9 Å². The Morgan fingerprint density at radius 1 is 1.29 bits per heavy atom. The van der Waals surface area contributed by atoms with E-state index in [-0.39, 0.29) is 5.69 Å². The Hall–Kier alpha value is -2.47. The highest BCUT2D eigenvalue weighted by Gasteiger charge is 2.16. The third kappa shape index (κ3) is 2.57. The number of aromatic nitrogens is 2. The standard InChI is InChI=1S/C15H13N3O2S/c1-9-7-21-8-10(9)6-16-13-11-4-2-3-5-12(11)17-18-14(13)15(19)20/h2-5,7-8H,6H2,1H3,(H,16,17)(H,19,20). The summed E-state index contributed by atoms with van der Waals surface area (Å²) in [6.07, 6.45) is 0. The number of fused-ring (bicyclic) bond motifs is 1. The molecule has 21 heavy (non-hydrogen) atoms. The van der Waals surface area contributed by atoms with Crippen molar-refractivity contribution < 1.29 is 9.90 Å². The van der Waals surface area contributed by atoms with E-state index in [4.69, 9.17) is 0 Å². The SMILES string of the molecule is Cc1cscc1CNc1c(C(=O)O)nnc2ccccc12. The molecule has 6 heteroatoms. The molecule has 0 fully saturated rings. The lowest BCUT2D eigenvalue weighted by Crippen LogP contribution is -2.10. The molecule has 0 radical (unpaired) electrons. The molecule has 0 atom stereocenters. The maximum Gasteiger partial charge on any atom is 0.358 e. The summed E-state index contributed by atoms with van der Waals surface area (Å²) in [5.41, 5.74) is 3.47. The van der Waals surface area contributed by atoms with Crippen molar-refractivity contribution >= 4 is 33.9 Å². The van der Waals surface area contributed by atoms with Crippen molar-refractivity contribution in [3.63, 3.8) is 0 Å². The van der Waals surface area contributed by atoms with E-state index in [9.17, 15) is 9.90 Å². The van der Waals surface area contributed by atoms with Gasteiger partial charge >= 0.3 is 5.97 Å². The lowest BCUT2D eigenvalue weighted by molar-refractivity contribution is 0.0690. The summed E-state index contributed by atoms with van der Waals surface area (Å²) in [5.74, 6) is -1.09. The monoisotopic (exact) mass is 299 g/mol. The molecule has 3 rings (SSSR count). The number of aromatic carboxylic acids is 1. The molecule has 3 aromatic rings. The number of rotatable bonds is 4. The van der Waals surface area contributed by atoms with Crippen LogP contribution < -0.4 is 5.32 Å². The van der Waals surface area contributed by atoms with Gasteiger partial charge in [-0.2, -0.15) is 11.3 Å². The summed E-state index contributed by atoms with van der Waals surface area (Å²) in [5, 5.41) is 25.2. The predicted octanol–water partition coefficient (Wildman–Crippen LogP) is 3.31. The van der Waals surface area contributed by atoms with Gasteiger partial charge in [-0.25, -0.2) is 4.79 Å². The molecule has 1 aromatic carbocycles. The van der Waals surface area contributed by atoms with E-state index < -0.39 is 5.97 Å². The second-order valence-corrected chi connectivity index (χ2v) is 5.42. The molecule has 2 N–H and O–H groups in total. The van der Waals surface area contributed by atoms with Gasteiger partial charge < -0.3 is 10.4 Å². The quantitative estimate of drug-likeness (QED) is 0.773. The Morgan fingerprint density at radius 3 is 2.81 bits per heavy atom. The van der Waals surface area contributed by atoms with E-state index in [1.54, 1.807) is 11.3 Å². The number of carbonyl (C=O) groups is 1. The molecule has 106 valence electrons. The van der Waals surface area contributed by atoms with Crippen molar-refractivity contribution in [1.29, 1.82) is 0 Å². The van der Waals surface area contributed by atoms with Crippen molar-refractivity contribution in [2.75, 3.05) is 5.32 Å². The number of carboxylic acid groups (broad SMARTS) is 1. The van der Waals surface area contributed by atoms with Gasteiger partial charge in [-0.3, -0.25) is 0 Å². The van der Waals surface area contributed by atoms with Gasteiger partial charge in [-0.1, -0.05) is 18.2 Å². The van der Waals surface area contributed by atoms with E-state index in [2.05, 4.69) is 26.3 Å². The van der Waals surface area contributed by atoms with Gasteiger partial charge in [0, 0.05) is 11.9 Å². The van der Waals surface area contributed by atoms with Crippen LogP contribution in [0.4, 0.5) is 5.69 Å². The minimum atomic E-state index is -1.09. The summed E-state index contributed by atoms with van der Waals surface area (Å²) >= 11 is 1.63. The van der Waals surface area contributed by atoms with Crippen LogP contribution in [0.3, 0.4) is 0 Å². The summed E-state index contributed by atoms with van der Waals surface area (Å²) in [4.78, 5) is 11.4. The number of anilines is 1. The fraction of sp³-hybridized carbons (Fsp3) is 0.133. The number of hydrogen-bond acceptors (Lipinski definition) is 5. The van der Waals surface area contributed by atoms with Gasteiger partial charge in [0.25, 0.3) is 0 Å². The maximum atomic E-state index is 11.4. The van der Waals surface area contributed by atoms with Crippen LogP contribution in [0.15, 0.2) is 35.0 Å². The van der Waals surface area contributed by atoms with Gasteiger partial charge in [-0.05, 0) is 34.9 Å². The lowest BCUT2D eigenvalue weighted by Gasteiger charge is -2.11. The normalized spacial score (nSPS) is 10.7. The molecular weight excluding hydrogens is 286 g/mol. The molecule has 0 bridgehead atoms. The van der Waals surface area contributed by atoms with Crippen molar-refractivity contribution in [3.8, 4) is 0 Å². The first-order valence-corrected chi connectivity index (χ1v) is 7.35. The smallest absolute Gasteiger partial charge is 0.358 e. The summed E-state index contributed by atoms with van der Waals surface area (Å²) in [6, 6.07) is 7.37. The van der Waals surface area contributed by atoms with Crippen LogP contribution in [0.1, 0.15) is 21.6 Å². The molecule has 5 nitrogen and oxygen atoms in total. The average molecular weight is 299 g/mol. The van der Waals surface area contributed by atoms with Crippen molar-refractivity contribution in [2.24, 2.45) is 0 Å². The largest absolute Gasteiger partial charge is 0.476 e. The molecule has 2 heterocycles. The Morgan fingerprint density at radius 2 is 2.10 bits per heavy atom. The van der Waals surface area contributed by atoms with Crippen LogP contribution in [-0.4, -0.2) is 21.3 Å². The predicted molar refractivity (Wildman–Crippen MR) is 82.9 cm³/mol. The minimum Gasteiger partial charge on any atom is -0.476 e. The van der Waals surface area contributed by atoms with Crippen molar-refractivity contribution in [3.05, 3.63) is 51.8 Å². The topological polar surface area (TPSA) is 75.1 Å². The first-order chi connectivity index (χ1) is 10.2. The number of thiophene rings is 1. The third-order valence-electron chi connectivity index (χ3n) is 3.29. The molecule has 0 aliphatic heterocycles. The molecule has 0 saturated heterocycles. The van der Waals surface area contributed by atoms with Gasteiger partial charge in [0.2, 0.25) is 0 Å². The molecule has 0 aliphatic carbocycles. The molecule has 2 aromatic heterocycles. The first kappa shape index (κ1) is 13.5. The number of aryl methyl sites for hydroxylation is 1. The van der Waals surface area contributed by atoms with Gasteiger partial charge in [0.1, 0.15) is 0 Å². The molecule has 0 spiro atoms. The highest BCUT2D eigenvalue weighted by Crippen LogP contribution is 2.25. The zero-order valence-corrected chi connectivity index (χ0v) is 12.1. The lowest BCUT2D eigenvalue weighted by atomic mass is 10.1. The fourth-order valence-corrected chi connectivity index (χ4v) is 2.99. The fourth-order valence-electron chi connectivity index (χ4n) is 2.13. The van der Waals surface area contributed by atoms with Crippen LogP contribution in [-0.2, 0) is 6.54 Å². The summed E-state index contributed by atoms with van der Waals surface area (Å²) < 4.78 is 0. The van der Waals surface area contributed by atoms with Crippen molar-refractivity contribution in [1.82, 2.24) is 10.2 Å². The van der Waals surface area contributed by atoms with Gasteiger partial charge in [0.15, 0.2) is 5.69 Å². The number of carboxylic acids is 1. The Bertz CT molecular complexity index is 814. The van der Waals surface area contributed by atoms with Crippen LogP contribution in [0.25, 0.3) is 10.9 Å². The molecule has 0 unspecified atom stereocenters. The number of hydrogen-bond donors (Lipinski definition) is 2. The van der Waals surface area contributed by atoms with Gasteiger partial charge in [-0.15, -0.1) is 10.2 Å². The number of nitrogens with zero attached hydrogens (tertiary/aromatic N) is 2. The molecule has 0 aliphatic rings. The van der Waals surface area contributed by atoms with E-state index >= 15 is 0 Å². The maximum absolute atomic E-state index is 11.4. The first-order valence-electron chi connectivity index (χ1n) is 6.41. The zero-order chi connectivity index (χ0) is 14.8. The van der Waals surface area contributed by atoms with Crippen LogP contribution in [0.5, 0.6) is 0 Å². The van der Waals surface area contributed by atoms with Crippen LogP contribution in [0.2, 0.25) is 0 Å². The van der Waals surface area contributed by atoms with E-state index in [1.807, 2.05) is 31.2 Å². The van der Waals surface area contributed by atoms with Crippen LogP contribution in [0, 0.1) is 6.92 Å². The second kappa shape index (κ2) is 5.49. The summed E-state index contributed by atoms with van der Waals surface area (Å²) in [6.45, 7) is 2.60. The van der Waals surface area contributed by atoms with Crippen molar-refractivity contribution in [2.45, 2.75) is 13.5 Å². The molecular formula is C15H13N3O2S. The summed E-state index contributed by atoms with van der Waals surface area (Å²) in [7, 11) is 0. The highest BCUT2D eigenvalue weighted by atomic mass is 32.1. The molecule has 0 amide bonds. The highest BCUT2D eigenvalue weighted by molar-refractivity contribution is 7.08. The number of nitrogens with one attached hydrogen (secondary N) is 1. The average Bonchev–Trinajstić information content (AvgIpc) is 2.89. The van der Waals surface area contributed by atoms with Crippen LogP contribution >= 0.6 is 11.3 Å². The number of benzene rings is 1. The Kier molecular flexibility index (Phi) is 3.53. The van der Waals surface area contributed by atoms with E-state index in [1.165, 1.54) is 5.56 Å². The Balaban J connectivity index is 2.04. The minimum absolute atomic E-state index is 0.0541. The zero-order valence-electron chi connectivity index (χ0n) is 11.3.